The highest BCUT2D eigenvalue weighted by atomic mass is 35.5. The van der Waals surface area contributed by atoms with E-state index in [4.69, 9.17) is 16.7 Å². The molecule has 1 unspecified atom stereocenters. The van der Waals surface area contributed by atoms with E-state index in [1.807, 2.05) is 0 Å². The number of aliphatic hydroxyl groups is 1. The molecule has 20 heavy (non-hydrogen) atoms. The molecule has 1 aliphatic heterocycles. The third-order valence-corrected chi connectivity index (χ3v) is 5.33. The van der Waals surface area contributed by atoms with Crippen molar-refractivity contribution in [2.24, 2.45) is 0 Å². The molecule has 1 fully saturated rings. The van der Waals surface area contributed by atoms with E-state index in [0.29, 0.717) is 6.42 Å². The minimum atomic E-state index is -3.11. The maximum atomic E-state index is 12.4. The Kier molecular flexibility index (Phi) is 4.62. The number of hydrogen-bond donors (Lipinski definition) is 1. The van der Waals surface area contributed by atoms with Crippen LogP contribution in [0.25, 0.3) is 0 Å². The van der Waals surface area contributed by atoms with Crippen molar-refractivity contribution in [2.75, 3.05) is 24.7 Å². The molecule has 2 rings (SSSR count). The summed E-state index contributed by atoms with van der Waals surface area (Å²) < 4.78 is 23.1. The van der Waals surface area contributed by atoms with Gasteiger partial charge in [-0.15, -0.1) is 0 Å². The molecular weight excluding hydrogens is 304 g/mol. The summed E-state index contributed by atoms with van der Waals surface area (Å²) in [6, 6.07) is 1.08. The largest absolute Gasteiger partial charge is 0.395 e. The molecule has 1 amide bonds. The summed E-state index contributed by atoms with van der Waals surface area (Å²) in [6.45, 7) is -0.162. The van der Waals surface area contributed by atoms with Crippen LogP contribution in [0.15, 0.2) is 18.5 Å². The standard InChI is InChI=1S/C12H15ClN2O4S/c13-11-1-3-14-7-10(11)12(17)15(4-5-16)9-2-6-20(18,19)8-9/h1,3,7,9,16H,2,4-6,8H2. The first-order valence-electron chi connectivity index (χ1n) is 6.16. The topological polar surface area (TPSA) is 87.6 Å². The van der Waals surface area contributed by atoms with E-state index in [9.17, 15) is 13.2 Å². The van der Waals surface area contributed by atoms with Gasteiger partial charge in [-0.1, -0.05) is 11.6 Å². The van der Waals surface area contributed by atoms with Crippen molar-refractivity contribution in [3.63, 3.8) is 0 Å². The normalized spacial score (nSPS) is 20.8. The van der Waals surface area contributed by atoms with Gasteiger partial charge in [0.1, 0.15) is 0 Å². The monoisotopic (exact) mass is 318 g/mol. The van der Waals surface area contributed by atoms with E-state index in [2.05, 4.69) is 4.98 Å². The van der Waals surface area contributed by atoms with Gasteiger partial charge in [0.25, 0.3) is 5.91 Å². The molecule has 0 spiro atoms. The van der Waals surface area contributed by atoms with Gasteiger partial charge in [-0.3, -0.25) is 9.78 Å². The Morgan fingerprint density at radius 2 is 2.30 bits per heavy atom. The highest BCUT2D eigenvalue weighted by molar-refractivity contribution is 7.91. The third-order valence-electron chi connectivity index (χ3n) is 3.25. The van der Waals surface area contributed by atoms with E-state index in [1.165, 1.54) is 23.4 Å². The smallest absolute Gasteiger partial charge is 0.257 e. The summed E-state index contributed by atoms with van der Waals surface area (Å²) in [4.78, 5) is 17.7. The highest BCUT2D eigenvalue weighted by Gasteiger charge is 2.35. The van der Waals surface area contributed by atoms with Gasteiger partial charge in [-0.05, 0) is 12.5 Å². The van der Waals surface area contributed by atoms with Gasteiger partial charge in [0, 0.05) is 25.0 Å². The fraction of sp³-hybridized carbons (Fsp3) is 0.500. The molecule has 0 bridgehead atoms. The predicted octanol–water partition coefficient (Wildman–Crippen LogP) is 0.357. The Morgan fingerprint density at radius 3 is 2.85 bits per heavy atom. The van der Waals surface area contributed by atoms with Crippen molar-refractivity contribution in [3.8, 4) is 0 Å². The molecule has 0 radical (unpaired) electrons. The molecule has 1 saturated heterocycles. The molecule has 1 aromatic rings. The number of pyridine rings is 1. The number of carbonyl (C=O) groups excluding carboxylic acids is 1. The first kappa shape index (κ1) is 15.2. The fourth-order valence-electron chi connectivity index (χ4n) is 2.27. The number of aromatic nitrogens is 1. The van der Waals surface area contributed by atoms with E-state index in [-0.39, 0.29) is 35.2 Å². The van der Waals surface area contributed by atoms with Crippen LogP contribution in [0.4, 0.5) is 0 Å². The van der Waals surface area contributed by atoms with Crippen LogP contribution >= 0.6 is 11.6 Å². The third kappa shape index (κ3) is 3.28. The molecule has 1 aliphatic rings. The molecule has 0 aliphatic carbocycles. The summed E-state index contributed by atoms with van der Waals surface area (Å²) >= 11 is 5.96. The number of amides is 1. The number of aliphatic hydroxyl groups excluding tert-OH is 1. The summed E-state index contributed by atoms with van der Waals surface area (Å²) in [6.07, 6.45) is 3.19. The zero-order valence-corrected chi connectivity index (χ0v) is 12.3. The van der Waals surface area contributed by atoms with Gasteiger partial charge in [-0.25, -0.2) is 8.42 Å². The zero-order valence-electron chi connectivity index (χ0n) is 10.7. The molecule has 2 heterocycles. The molecule has 0 saturated carbocycles. The predicted molar refractivity (Wildman–Crippen MR) is 74.4 cm³/mol. The number of hydrogen-bond acceptors (Lipinski definition) is 5. The second-order valence-electron chi connectivity index (χ2n) is 4.63. The van der Waals surface area contributed by atoms with Crippen molar-refractivity contribution in [3.05, 3.63) is 29.0 Å². The van der Waals surface area contributed by atoms with Crippen molar-refractivity contribution in [2.45, 2.75) is 12.5 Å². The first-order chi connectivity index (χ1) is 9.44. The maximum Gasteiger partial charge on any atom is 0.257 e. The van der Waals surface area contributed by atoms with Crippen LogP contribution in [0.3, 0.4) is 0 Å². The molecule has 1 atom stereocenters. The van der Waals surface area contributed by atoms with Crippen LogP contribution in [0.5, 0.6) is 0 Å². The second-order valence-corrected chi connectivity index (χ2v) is 7.27. The average Bonchev–Trinajstić information content (AvgIpc) is 2.76. The van der Waals surface area contributed by atoms with Crippen LogP contribution in [0.2, 0.25) is 5.02 Å². The first-order valence-corrected chi connectivity index (χ1v) is 8.36. The van der Waals surface area contributed by atoms with Gasteiger partial charge in [0.05, 0.1) is 28.7 Å². The van der Waals surface area contributed by atoms with Crippen molar-refractivity contribution in [1.29, 1.82) is 0 Å². The molecular formula is C12H15ClN2O4S. The number of nitrogens with zero attached hydrogens (tertiary/aromatic N) is 2. The number of halogens is 1. The van der Waals surface area contributed by atoms with Gasteiger partial charge < -0.3 is 10.0 Å². The lowest BCUT2D eigenvalue weighted by atomic mass is 10.1. The van der Waals surface area contributed by atoms with Crippen LogP contribution in [-0.2, 0) is 9.84 Å². The summed E-state index contributed by atoms with van der Waals surface area (Å²) in [5.74, 6) is -0.413. The Morgan fingerprint density at radius 1 is 1.55 bits per heavy atom. The Bertz CT molecular complexity index is 605. The minimum absolute atomic E-state index is 0.0631. The van der Waals surface area contributed by atoms with E-state index in [0.717, 1.165) is 0 Å². The van der Waals surface area contributed by atoms with E-state index in [1.54, 1.807) is 0 Å². The van der Waals surface area contributed by atoms with Crippen molar-refractivity contribution < 1.29 is 18.3 Å². The summed E-state index contributed by atoms with van der Waals surface area (Å²) in [5, 5.41) is 9.36. The number of rotatable bonds is 4. The molecule has 6 nitrogen and oxygen atoms in total. The zero-order chi connectivity index (χ0) is 14.8. The lowest BCUT2D eigenvalue weighted by molar-refractivity contribution is 0.0655. The Balaban J connectivity index is 2.25. The fourth-order valence-corrected chi connectivity index (χ4v) is 4.19. The molecule has 1 N–H and O–H groups in total. The minimum Gasteiger partial charge on any atom is -0.395 e. The lowest BCUT2D eigenvalue weighted by Crippen LogP contribution is -2.43. The molecule has 1 aromatic heterocycles. The maximum absolute atomic E-state index is 12.4. The molecule has 8 heteroatoms. The molecule has 0 aromatic carbocycles. The SMILES string of the molecule is O=C(c1cnccc1Cl)N(CCO)C1CCS(=O)(=O)C1. The quantitative estimate of drug-likeness (QED) is 0.866. The van der Waals surface area contributed by atoms with Crippen LogP contribution in [-0.4, -0.2) is 60.0 Å². The van der Waals surface area contributed by atoms with Crippen LogP contribution < -0.4 is 0 Å². The van der Waals surface area contributed by atoms with Crippen LogP contribution in [0.1, 0.15) is 16.8 Å². The number of sulfone groups is 1. The second kappa shape index (κ2) is 6.07. The molecule has 110 valence electrons. The van der Waals surface area contributed by atoms with E-state index < -0.39 is 21.8 Å². The van der Waals surface area contributed by atoms with Gasteiger partial charge in [0.2, 0.25) is 0 Å². The summed E-state index contributed by atoms with van der Waals surface area (Å²) in [7, 11) is -3.11. The summed E-state index contributed by atoms with van der Waals surface area (Å²) in [5.41, 5.74) is 0.215. The van der Waals surface area contributed by atoms with Gasteiger partial charge in [0.15, 0.2) is 9.84 Å². The van der Waals surface area contributed by atoms with E-state index >= 15 is 0 Å². The average molecular weight is 319 g/mol. The van der Waals surface area contributed by atoms with Gasteiger partial charge in [-0.2, -0.15) is 0 Å². The van der Waals surface area contributed by atoms with Crippen molar-refractivity contribution in [1.82, 2.24) is 9.88 Å². The van der Waals surface area contributed by atoms with Crippen molar-refractivity contribution >= 4 is 27.3 Å². The Labute approximate surface area is 122 Å². The highest BCUT2D eigenvalue weighted by Crippen LogP contribution is 2.22. The Hall–Kier alpha value is -1.18. The number of carbonyl (C=O) groups is 1. The lowest BCUT2D eigenvalue weighted by Gasteiger charge is -2.27. The van der Waals surface area contributed by atoms with Gasteiger partial charge >= 0.3 is 0 Å². The van der Waals surface area contributed by atoms with Crippen LogP contribution in [0, 0.1) is 0 Å².